The number of nitrogens with one attached hydrogen (secondary N) is 1. The largest absolute Gasteiger partial charge is 0.397 e. The van der Waals surface area contributed by atoms with Crippen LogP contribution in [0.1, 0.15) is 25.3 Å². The van der Waals surface area contributed by atoms with Crippen molar-refractivity contribution in [3.8, 4) is 0 Å². The third-order valence-corrected chi connectivity index (χ3v) is 3.45. The Kier molecular flexibility index (Phi) is 7.45. The predicted molar refractivity (Wildman–Crippen MR) is 85.0 cm³/mol. The van der Waals surface area contributed by atoms with E-state index in [4.69, 9.17) is 16.6 Å². The maximum atomic E-state index is 9.91. The molecule has 0 aliphatic heterocycles. The van der Waals surface area contributed by atoms with E-state index in [1.807, 2.05) is 12.1 Å². The lowest BCUT2D eigenvalue weighted by Crippen LogP contribution is -2.32. The minimum absolute atomic E-state index is 0.0845. The number of benzene rings is 1. The first kappa shape index (κ1) is 17.7. The molecular weight excluding hydrogens is 270 g/mol. The van der Waals surface area contributed by atoms with E-state index in [1.54, 1.807) is 13.0 Å². The van der Waals surface area contributed by atoms with Crippen LogP contribution in [0, 0.1) is 0 Å². The summed E-state index contributed by atoms with van der Waals surface area (Å²) in [7, 11) is 0. The molecular formula is C15H27N3O3. The van der Waals surface area contributed by atoms with Gasteiger partial charge in [-0.05, 0) is 43.9 Å². The lowest BCUT2D eigenvalue weighted by molar-refractivity contribution is 0.106. The fourth-order valence-corrected chi connectivity index (χ4v) is 2.00. The molecule has 0 saturated heterocycles. The lowest BCUT2D eigenvalue weighted by Gasteiger charge is -2.18. The van der Waals surface area contributed by atoms with Crippen molar-refractivity contribution >= 4 is 11.4 Å². The number of aliphatic hydroxyl groups is 3. The van der Waals surface area contributed by atoms with Crippen LogP contribution < -0.4 is 16.8 Å². The molecule has 0 amide bonds. The fraction of sp³-hybridized carbons (Fsp3) is 0.600. The van der Waals surface area contributed by atoms with Crippen molar-refractivity contribution in [2.45, 2.75) is 44.4 Å². The van der Waals surface area contributed by atoms with Gasteiger partial charge in [0.2, 0.25) is 0 Å². The van der Waals surface area contributed by atoms with Crippen molar-refractivity contribution in [2.75, 3.05) is 24.2 Å². The van der Waals surface area contributed by atoms with E-state index in [1.165, 1.54) is 0 Å². The quantitative estimate of drug-likeness (QED) is 0.358. The Morgan fingerprint density at radius 3 is 2.57 bits per heavy atom. The van der Waals surface area contributed by atoms with Crippen molar-refractivity contribution in [3.63, 3.8) is 0 Å². The van der Waals surface area contributed by atoms with Gasteiger partial charge in [-0.2, -0.15) is 0 Å². The van der Waals surface area contributed by atoms with Gasteiger partial charge in [-0.1, -0.05) is 6.07 Å². The van der Waals surface area contributed by atoms with Gasteiger partial charge in [0.25, 0.3) is 0 Å². The molecule has 6 nitrogen and oxygen atoms in total. The van der Waals surface area contributed by atoms with E-state index >= 15 is 0 Å². The molecule has 6 heteroatoms. The Morgan fingerprint density at radius 1 is 1.24 bits per heavy atom. The van der Waals surface area contributed by atoms with E-state index in [2.05, 4.69) is 5.32 Å². The van der Waals surface area contributed by atoms with Crippen LogP contribution in [-0.2, 0) is 6.42 Å². The summed E-state index contributed by atoms with van der Waals surface area (Å²) in [6, 6.07) is 5.22. The first-order valence-corrected chi connectivity index (χ1v) is 7.29. The van der Waals surface area contributed by atoms with Crippen LogP contribution >= 0.6 is 0 Å². The highest BCUT2D eigenvalue weighted by molar-refractivity contribution is 5.67. The van der Waals surface area contributed by atoms with Gasteiger partial charge in [0.15, 0.2) is 0 Å². The standard InChI is InChI=1S/C15H27N3O3/c1-10(16)15(21)5-3-12(20)9-18-14-8-11(6-7-19)2-4-13(14)17/h2,4,8,10,12,15,18-21H,3,5-7,9,16-17H2,1H3. The van der Waals surface area contributed by atoms with Gasteiger partial charge in [-0.15, -0.1) is 0 Å². The number of hydrogen-bond donors (Lipinski definition) is 6. The van der Waals surface area contributed by atoms with E-state index in [0.29, 0.717) is 31.5 Å². The van der Waals surface area contributed by atoms with Gasteiger partial charge >= 0.3 is 0 Å². The summed E-state index contributed by atoms with van der Waals surface area (Å²) in [5, 5.41) is 31.5. The van der Waals surface area contributed by atoms with E-state index in [0.717, 1.165) is 11.3 Å². The van der Waals surface area contributed by atoms with Gasteiger partial charge in [0.05, 0.1) is 23.6 Å². The van der Waals surface area contributed by atoms with E-state index < -0.39 is 12.2 Å². The monoisotopic (exact) mass is 297 g/mol. The Labute approximate surface area is 125 Å². The molecule has 0 heterocycles. The number of aliphatic hydroxyl groups excluding tert-OH is 3. The van der Waals surface area contributed by atoms with Crippen molar-refractivity contribution < 1.29 is 15.3 Å². The predicted octanol–water partition coefficient (Wildman–Crippen LogP) is 0.0647. The van der Waals surface area contributed by atoms with Gasteiger partial charge in [0, 0.05) is 19.2 Å². The highest BCUT2D eigenvalue weighted by atomic mass is 16.3. The number of nitrogen functional groups attached to an aromatic ring is 1. The van der Waals surface area contributed by atoms with Gasteiger partial charge < -0.3 is 32.1 Å². The number of hydrogen-bond acceptors (Lipinski definition) is 6. The second-order valence-electron chi connectivity index (χ2n) is 5.43. The van der Waals surface area contributed by atoms with Crippen LogP contribution in [0.25, 0.3) is 0 Å². The average Bonchev–Trinajstić information content (AvgIpc) is 2.45. The van der Waals surface area contributed by atoms with Crippen LogP contribution in [0.5, 0.6) is 0 Å². The molecule has 1 aromatic carbocycles. The van der Waals surface area contributed by atoms with Crippen LogP contribution in [0.4, 0.5) is 11.4 Å². The zero-order valence-corrected chi connectivity index (χ0v) is 12.5. The first-order valence-electron chi connectivity index (χ1n) is 7.29. The molecule has 0 spiro atoms. The van der Waals surface area contributed by atoms with Crippen molar-refractivity contribution in [2.24, 2.45) is 5.73 Å². The molecule has 1 rings (SSSR count). The van der Waals surface area contributed by atoms with Crippen LogP contribution in [0.2, 0.25) is 0 Å². The maximum Gasteiger partial charge on any atom is 0.0713 e. The summed E-state index contributed by atoms with van der Waals surface area (Å²) in [6.45, 7) is 2.17. The minimum atomic E-state index is -0.599. The first-order chi connectivity index (χ1) is 9.93. The summed E-state index contributed by atoms with van der Waals surface area (Å²) in [5.74, 6) is 0. The van der Waals surface area contributed by atoms with Crippen molar-refractivity contribution in [3.05, 3.63) is 23.8 Å². The Hall–Kier alpha value is -1.34. The molecule has 0 aromatic heterocycles. The van der Waals surface area contributed by atoms with Gasteiger partial charge in [0.1, 0.15) is 0 Å². The molecule has 8 N–H and O–H groups in total. The second kappa shape index (κ2) is 8.84. The Bertz CT molecular complexity index is 427. The third-order valence-electron chi connectivity index (χ3n) is 3.45. The lowest BCUT2D eigenvalue weighted by atomic mass is 10.1. The number of nitrogens with two attached hydrogens (primary N) is 2. The van der Waals surface area contributed by atoms with Crippen molar-refractivity contribution in [1.29, 1.82) is 0 Å². The highest BCUT2D eigenvalue weighted by Gasteiger charge is 2.13. The minimum Gasteiger partial charge on any atom is -0.397 e. The van der Waals surface area contributed by atoms with Gasteiger partial charge in [-0.3, -0.25) is 0 Å². The summed E-state index contributed by atoms with van der Waals surface area (Å²) < 4.78 is 0. The number of rotatable bonds is 9. The maximum absolute atomic E-state index is 9.91. The number of anilines is 2. The molecule has 0 bridgehead atoms. The van der Waals surface area contributed by atoms with E-state index in [9.17, 15) is 10.2 Å². The van der Waals surface area contributed by atoms with Gasteiger partial charge in [-0.25, -0.2) is 0 Å². The summed E-state index contributed by atoms with van der Waals surface area (Å²) in [5.41, 5.74) is 13.8. The van der Waals surface area contributed by atoms with Crippen LogP contribution in [-0.4, -0.2) is 46.7 Å². The average molecular weight is 297 g/mol. The molecule has 3 unspecified atom stereocenters. The second-order valence-corrected chi connectivity index (χ2v) is 5.43. The SMILES string of the molecule is CC(N)C(O)CCC(O)CNc1cc(CCO)ccc1N. The molecule has 120 valence electrons. The molecule has 1 aromatic rings. The topological polar surface area (TPSA) is 125 Å². The summed E-state index contributed by atoms with van der Waals surface area (Å²) >= 11 is 0. The third kappa shape index (κ3) is 6.31. The normalized spacial score (nSPS) is 15.5. The molecule has 3 atom stereocenters. The summed E-state index contributed by atoms with van der Waals surface area (Å²) in [6.07, 6.45) is 0.307. The Balaban J connectivity index is 2.45. The zero-order valence-electron chi connectivity index (χ0n) is 12.5. The van der Waals surface area contributed by atoms with Crippen LogP contribution in [0.15, 0.2) is 18.2 Å². The smallest absolute Gasteiger partial charge is 0.0713 e. The van der Waals surface area contributed by atoms with Crippen molar-refractivity contribution in [1.82, 2.24) is 0 Å². The Morgan fingerprint density at radius 2 is 1.95 bits per heavy atom. The zero-order chi connectivity index (χ0) is 15.8. The molecule has 0 aliphatic carbocycles. The summed E-state index contributed by atoms with van der Waals surface area (Å²) in [4.78, 5) is 0. The fourth-order valence-electron chi connectivity index (χ4n) is 2.00. The highest BCUT2D eigenvalue weighted by Crippen LogP contribution is 2.20. The molecule has 0 aliphatic rings. The van der Waals surface area contributed by atoms with E-state index in [-0.39, 0.29) is 12.6 Å². The van der Waals surface area contributed by atoms with Crippen LogP contribution in [0.3, 0.4) is 0 Å². The molecule has 0 fully saturated rings. The molecule has 0 saturated carbocycles. The molecule has 0 radical (unpaired) electrons. The molecule has 21 heavy (non-hydrogen) atoms.